The molecule has 0 spiro atoms. The van der Waals surface area contributed by atoms with E-state index in [0.717, 1.165) is 11.0 Å². The highest BCUT2D eigenvalue weighted by Gasteiger charge is 2.09. The van der Waals surface area contributed by atoms with E-state index < -0.39 is 0 Å². The van der Waals surface area contributed by atoms with Gasteiger partial charge in [-0.2, -0.15) is 0 Å². The van der Waals surface area contributed by atoms with Gasteiger partial charge in [0.05, 0.1) is 21.1 Å². The summed E-state index contributed by atoms with van der Waals surface area (Å²) in [6.07, 6.45) is 0. The number of carbonyl (C=O) groups excluding carboxylic acids is 1. The fourth-order valence-electron chi connectivity index (χ4n) is 0.535. The summed E-state index contributed by atoms with van der Waals surface area (Å²) in [5.74, 6) is -0.302. The van der Waals surface area contributed by atoms with Crippen LogP contribution in [0.5, 0.6) is 0 Å². The molecule has 0 aliphatic rings. The Bertz CT molecular complexity index is 181. The molecule has 0 saturated heterocycles. The smallest absolute Gasteiger partial charge is 0.333 e. The van der Waals surface area contributed by atoms with Crippen molar-refractivity contribution in [3.63, 3.8) is 0 Å². The summed E-state index contributed by atoms with van der Waals surface area (Å²) in [5.41, 5.74) is 0.455. The molecule has 16 heavy (non-hydrogen) atoms. The number of carbonyl (C=O) groups is 1. The minimum Gasteiger partial charge on any atom is -0.456 e. The third-order valence-electron chi connectivity index (χ3n) is 1.34. The van der Waals surface area contributed by atoms with Crippen molar-refractivity contribution in [1.82, 2.24) is 0 Å². The van der Waals surface area contributed by atoms with Crippen molar-refractivity contribution in [2.45, 2.75) is 34.6 Å². The van der Waals surface area contributed by atoms with Gasteiger partial charge < -0.3 is 9.22 Å². The van der Waals surface area contributed by atoms with Gasteiger partial charge >= 0.3 is 5.97 Å². The summed E-state index contributed by atoms with van der Waals surface area (Å²) in [4.78, 5) is 10.9. The predicted molar refractivity (Wildman–Crippen MR) is 71.4 cm³/mol. The molecule has 0 heterocycles. The standard InChI is InChI=1S/C9H18NO2.2C2H6/c1-8(2)9(11)12-7-6-10(3,4)5;2*1-2/h1,6-7H2,2-5H3;2*1-2H3/q+1;;. The highest BCUT2D eigenvalue weighted by molar-refractivity contribution is 5.86. The quantitative estimate of drug-likeness (QED) is 0.423. The normalized spacial score (nSPS) is 9.00. The van der Waals surface area contributed by atoms with E-state index in [1.807, 2.05) is 27.7 Å². The Morgan fingerprint density at radius 1 is 1.12 bits per heavy atom. The third-order valence-corrected chi connectivity index (χ3v) is 1.34. The van der Waals surface area contributed by atoms with Crippen molar-refractivity contribution < 1.29 is 14.0 Å². The number of hydrogen-bond donors (Lipinski definition) is 0. The van der Waals surface area contributed by atoms with Gasteiger partial charge in [0, 0.05) is 5.57 Å². The second kappa shape index (κ2) is 12.2. The first-order valence-electron chi connectivity index (χ1n) is 5.96. The maximum Gasteiger partial charge on any atom is 0.333 e. The molecule has 0 amide bonds. The Balaban J connectivity index is -0.000000376. The first kappa shape index (κ1) is 20.6. The molecule has 0 aromatic rings. The summed E-state index contributed by atoms with van der Waals surface area (Å²) in [7, 11) is 6.15. The van der Waals surface area contributed by atoms with Crippen LogP contribution in [-0.4, -0.2) is 44.7 Å². The molecule has 3 heteroatoms. The van der Waals surface area contributed by atoms with Gasteiger partial charge in [-0.1, -0.05) is 34.3 Å². The Kier molecular flexibility index (Phi) is 15.7. The van der Waals surface area contributed by atoms with Crippen molar-refractivity contribution in [3.05, 3.63) is 12.2 Å². The first-order valence-corrected chi connectivity index (χ1v) is 5.96. The summed E-state index contributed by atoms with van der Waals surface area (Å²) in [6, 6.07) is 0. The van der Waals surface area contributed by atoms with Crippen LogP contribution in [0.15, 0.2) is 12.2 Å². The van der Waals surface area contributed by atoms with Crippen LogP contribution in [0, 0.1) is 0 Å². The molecule has 3 nitrogen and oxygen atoms in total. The molecule has 0 aliphatic carbocycles. The molecule has 0 rings (SSSR count). The average Bonchev–Trinajstić information content (AvgIpc) is 2.21. The number of ether oxygens (including phenoxy) is 1. The maximum atomic E-state index is 10.9. The van der Waals surface area contributed by atoms with Gasteiger partial charge in [0.15, 0.2) is 0 Å². The lowest BCUT2D eigenvalue weighted by Crippen LogP contribution is -2.38. The van der Waals surface area contributed by atoms with Crippen molar-refractivity contribution >= 4 is 5.97 Å². The SMILES string of the molecule is C=C(C)C(=O)OCC[N+](C)(C)C.CC.CC. The van der Waals surface area contributed by atoms with Crippen LogP contribution in [0.25, 0.3) is 0 Å². The van der Waals surface area contributed by atoms with E-state index in [9.17, 15) is 4.79 Å². The second-order valence-electron chi connectivity index (χ2n) is 3.93. The van der Waals surface area contributed by atoms with Gasteiger partial charge in [0.25, 0.3) is 0 Å². The lowest BCUT2D eigenvalue weighted by molar-refractivity contribution is -0.870. The van der Waals surface area contributed by atoms with Crippen LogP contribution >= 0.6 is 0 Å². The van der Waals surface area contributed by atoms with Gasteiger partial charge in [-0.05, 0) is 6.92 Å². The number of hydrogen-bond acceptors (Lipinski definition) is 2. The van der Waals surface area contributed by atoms with Gasteiger partial charge in [-0.15, -0.1) is 0 Å². The second-order valence-corrected chi connectivity index (χ2v) is 3.93. The molecule has 0 fully saturated rings. The summed E-state index contributed by atoms with van der Waals surface area (Å²) in [5, 5.41) is 0. The molecular formula is C13H30NO2+. The van der Waals surface area contributed by atoms with E-state index in [0.29, 0.717) is 12.2 Å². The molecule has 0 bridgehead atoms. The molecule has 0 unspecified atom stereocenters. The van der Waals surface area contributed by atoms with Crippen molar-refractivity contribution in [3.8, 4) is 0 Å². The van der Waals surface area contributed by atoms with E-state index in [-0.39, 0.29) is 5.97 Å². The Morgan fingerprint density at radius 2 is 1.50 bits per heavy atom. The third kappa shape index (κ3) is 18.9. The van der Waals surface area contributed by atoms with Crippen LogP contribution in [-0.2, 0) is 9.53 Å². The lowest BCUT2D eigenvalue weighted by atomic mass is 10.4. The van der Waals surface area contributed by atoms with Crippen LogP contribution < -0.4 is 0 Å². The minimum atomic E-state index is -0.302. The zero-order valence-corrected chi connectivity index (χ0v) is 12.4. The molecule has 0 aromatic heterocycles. The fourth-order valence-corrected chi connectivity index (χ4v) is 0.535. The van der Waals surface area contributed by atoms with Gasteiger partial charge in [0.2, 0.25) is 0 Å². The molecule has 98 valence electrons. The number of quaternary nitrogens is 1. The topological polar surface area (TPSA) is 26.3 Å². The monoisotopic (exact) mass is 232 g/mol. The van der Waals surface area contributed by atoms with Crippen LogP contribution in [0.4, 0.5) is 0 Å². The van der Waals surface area contributed by atoms with E-state index >= 15 is 0 Å². The molecule has 0 atom stereocenters. The van der Waals surface area contributed by atoms with Gasteiger partial charge in [-0.25, -0.2) is 4.79 Å². The predicted octanol–water partition coefficient (Wildman–Crippen LogP) is 2.86. The van der Waals surface area contributed by atoms with Gasteiger partial charge in [0.1, 0.15) is 13.2 Å². The Hall–Kier alpha value is -0.830. The maximum absolute atomic E-state index is 10.9. The highest BCUT2D eigenvalue weighted by atomic mass is 16.5. The van der Waals surface area contributed by atoms with Gasteiger partial charge in [-0.3, -0.25) is 0 Å². The Morgan fingerprint density at radius 3 is 1.75 bits per heavy atom. The van der Waals surface area contributed by atoms with E-state index in [1.54, 1.807) is 6.92 Å². The molecule has 0 N–H and O–H groups in total. The van der Waals surface area contributed by atoms with Crippen LogP contribution in [0.3, 0.4) is 0 Å². The minimum absolute atomic E-state index is 0.302. The average molecular weight is 232 g/mol. The molecular weight excluding hydrogens is 202 g/mol. The van der Waals surface area contributed by atoms with Crippen molar-refractivity contribution in [1.29, 1.82) is 0 Å². The number of likely N-dealkylation sites (N-methyl/N-ethyl adjacent to an activating group) is 1. The molecule has 0 saturated carbocycles. The van der Waals surface area contributed by atoms with E-state index in [2.05, 4.69) is 27.7 Å². The van der Waals surface area contributed by atoms with Crippen LogP contribution in [0.2, 0.25) is 0 Å². The fraction of sp³-hybridized carbons (Fsp3) is 0.769. The summed E-state index contributed by atoms with van der Waals surface area (Å²) in [6.45, 7) is 14.4. The summed E-state index contributed by atoms with van der Waals surface area (Å²) >= 11 is 0. The first-order chi connectivity index (χ1) is 7.33. The molecule has 0 aromatic carbocycles. The Labute approximate surface area is 102 Å². The highest BCUT2D eigenvalue weighted by Crippen LogP contribution is 1.94. The zero-order valence-electron chi connectivity index (χ0n) is 12.4. The zero-order chi connectivity index (χ0) is 13.8. The van der Waals surface area contributed by atoms with Crippen molar-refractivity contribution in [2.24, 2.45) is 0 Å². The summed E-state index contributed by atoms with van der Waals surface area (Å²) < 4.78 is 5.72. The molecule has 0 aliphatic heterocycles. The number of esters is 1. The molecule has 0 radical (unpaired) electrons. The van der Waals surface area contributed by atoms with E-state index in [1.165, 1.54) is 0 Å². The largest absolute Gasteiger partial charge is 0.456 e. The van der Waals surface area contributed by atoms with E-state index in [4.69, 9.17) is 4.74 Å². The number of rotatable bonds is 4. The van der Waals surface area contributed by atoms with Crippen LogP contribution in [0.1, 0.15) is 34.6 Å². The lowest BCUT2D eigenvalue weighted by Gasteiger charge is -2.23. The van der Waals surface area contributed by atoms with Crippen molar-refractivity contribution in [2.75, 3.05) is 34.3 Å². The number of nitrogens with zero attached hydrogens (tertiary/aromatic N) is 1.